The fourth-order valence-electron chi connectivity index (χ4n) is 2.70. The Morgan fingerprint density at radius 3 is 2.71 bits per heavy atom. The van der Waals surface area contributed by atoms with Crippen molar-refractivity contribution in [1.29, 1.82) is 0 Å². The van der Waals surface area contributed by atoms with E-state index in [1.165, 1.54) is 13.4 Å². The molecule has 3 rings (SSSR count). The lowest BCUT2D eigenvalue weighted by Gasteiger charge is -2.24. The van der Waals surface area contributed by atoms with E-state index in [1.54, 1.807) is 0 Å². The first kappa shape index (κ1) is 14.5. The molecule has 0 aliphatic carbocycles. The molecule has 114 valence electrons. The van der Waals surface area contributed by atoms with Gasteiger partial charge in [-0.05, 0) is 12.8 Å². The van der Waals surface area contributed by atoms with Gasteiger partial charge in [-0.25, -0.2) is 18.4 Å². The molecule has 1 aliphatic rings. The van der Waals surface area contributed by atoms with Crippen LogP contribution in [-0.2, 0) is 15.7 Å². The summed E-state index contributed by atoms with van der Waals surface area (Å²) in [6.45, 7) is 0. The second-order valence-corrected chi connectivity index (χ2v) is 7.54. The number of methoxy groups -OCH3 is 1. The zero-order valence-corrected chi connectivity index (χ0v) is 13.1. The summed E-state index contributed by atoms with van der Waals surface area (Å²) in [5.74, 6) is 1.65. The predicted octanol–water partition coefficient (Wildman–Crippen LogP) is 1.32. The van der Waals surface area contributed by atoms with Gasteiger partial charge in [0.05, 0.1) is 24.5 Å². The molecular weight excluding hydrogens is 316 g/mol. The molecule has 3 heterocycles. The Balaban J connectivity index is 2.09. The summed E-state index contributed by atoms with van der Waals surface area (Å²) in [5, 5.41) is 0. The smallest absolute Gasteiger partial charge is 0.245 e. The van der Waals surface area contributed by atoms with E-state index >= 15 is 0 Å². The summed E-state index contributed by atoms with van der Waals surface area (Å²) in [7, 11) is -1.39. The topological polar surface area (TPSA) is 87.0 Å². The molecule has 21 heavy (non-hydrogen) atoms. The lowest BCUT2D eigenvalue weighted by Crippen LogP contribution is -2.26. The van der Waals surface area contributed by atoms with Crippen molar-refractivity contribution in [2.75, 3.05) is 18.6 Å². The first-order valence-electron chi connectivity index (χ1n) is 6.58. The largest absolute Gasteiger partial charge is 0.479 e. The zero-order valence-electron chi connectivity index (χ0n) is 11.5. The highest BCUT2D eigenvalue weighted by atomic mass is 35.5. The van der Waals surface area contributed by atoms with Crippen LogP contribution >= 0.6 is 11.6 Å². The number of imidazole rings is 1. The summed E-state index contributed by atoms with van der Waals surface area (Å²) in [6, 6.07) is 0.0341. The van der Waals surface area contributed by atoms with Crippen molar-refractivity contribution in [3.8, 4) is 5.88 Å². The van der Waals surface area contributed by atoms with E-state index < -0.39 is 9.84 Å². The highest BCUT2D eigenvalue weighted by Gasteiger charge is 2.28. The van der Waals surface area contributed by atoms with Gasteiger partial charge in [0, 0.05) is 6.04 Å². The summed E-state index contributed by atoms with van der Waals surface area (Å²) >= 11 is 5.98. The Kier molecular flexibility index (Phi) is 3.75. The van der Waals surface area contributed by atoms with Crippen LogP contribution in [0.5, 0.6) is 5.88 Å². The molecule has 9 heteroatoms. The normalized spacial score (nSPS) is 19.0. The molecule has 0 radical (unpaired) electrons. The Morgan fingerprint density at radius 1 is 1.38 bits per heavy atom. The summed E-state index contributed by atoms with van der Waals surface area (Å²) in [5.41, 5.74) is 1.20. The van der Waals surface area contributed by atoms with Gasteiger partial charge in [-0.3, -0.25) is 0 Å². The van der Waals surface area contributed by atoms with E-state index in [-0.39, 0.29) is 23.4 Å². The van der Waals surface area contributed by atoms with Gasteiger partial charge in [0.2, 0.25) is 5.88 Å². The van der Waals surface area contributed by atoms with Gasteiger partial charge >= 0.3 is 0 Å². The second kappa shape index (κ2) is 5.42. The van der Waals surface area contributed by atoms with Crippen LogP contribution in [0.1, 0.15) is 24.7 Å². The first-order chi connectivity index (χ1) is 10.1. The maximum atomic E-state index is 11.6. The molecule has 0 aromatic carbocycles. The molecule has 0 saturated carbocycles. The maximum absolute atomic E-state index is 11.6. The van der Waals surface area contributed by atoms with Crippen molar-refractivity contribution < 1.29 is 13.2 Å². The molecule has 1 fully saturated rings. The van der Waals surface area contributed by atoms with Crippen LogP contribution in [-0.4, -0.2) is 46.6 Å². The molecule has 0 spiro atoms. The van der Waals surface area contributed by atoms with E-state index in [1.807, 2.05) is 4.57 Å². The van der Waals surface area contributed by atoms with Crippen LogP contribution in [0.4, 0.5) is 0 Å². The Labute approximate surface area is 127 Å². The third kappa shape index (κ3) is 2.57. The average molecular weight is 331 g/mol. The molecule has 0 atom stereocenters. The van der Waals surface area contributed by atoms with Crippen molar-refractivity contribution in [2.24, 2.45) is 0 Å². The van der Waals surface area contributed by atoms with Crippen molar-refractivity contribution in [2.45, 2.75) is 24.8 Å². The van der Waals surface area contributed by atoms with Gasteiger partial charge in [-0.1, -0.05) is 0 Å². The number of ether oxygens (including phenoxy) is 1. The molecule has 2 aromatic rings. The average Bonchev–Trinajstić information content (AvgIpc) is 2.86. The minimum atomic E-state index is -2.92. The molecule has 0 amide bonds. The van der Waals surface area contributed by atoms with Crippen LogP contribution < -0.4 is 4.74 Å². The van der Waals surface area contributed by atoms with E-state index in [9.17, 15) is 8.42 Å². The zero-order chi connectivity index (χ0) is 15.0. The molecule has 1 aliphatic heterocycles. The third-order valence-corrected chi connectivity index (χ3v) is 5.67. The molecule has 0 bridgehead atoms. The molecule has 1 saturated heterocycles. The number of rotatable bonds is 3. The predicted molar refractivity (Wildman–Crippen MR) is 78.4 cm³/mol. The Morgan fingerprint density at radius 2 is 2.10 bits per heavy atom. The van der Waals surface area contributed by atoms with Crippen LogP contribution in [0.2, 0.25) is 0 Å². The molecule has 0 unspecified atom stereocenters. The summed E-state index contributed by atoms with van der Waals surface area (Å²) < 4.78 is 30.3. The van der Waals surface area contributed by atoms with Gasteiger partial charge in [0.15, 0.2) is 11.2 Å². The number of nitrogens with zero attached hydrogens (tertiary/aromatic N) is 4. The molecular formula is C12H15ClN4O3S. The first-order valence-corrected chi connectivity index (χ1v) is 8.93. The van der Waals surface area contributed by atoms with Crippen molar-refractivity contribution in [3.05, 3.63) is 12.2 Å². The second-order valence-electron chi connectivity index (χ2n) is 4.97. The Hall–Kier alpha value is -1.41. The van der Waals surface area contributed by atoms with Gasteiger partial charge in [-0.2, -0.15) is 4.98 Å². The van der Waals surface area contributed by atoms with Crippen molar-refractivity contribution >= 4 is 32.6 Å². The maximum Gasteiger partial charge on any atom is 0.245 e. The standard InChI is InChI=1S/C12H15ClN4O3S/c1-20-12-10-11(14-7-15-12)17(9(6-13)16-10)8-2-4-21(18,19)5-3-8/h7-8H,2-6H2,1H3. The summed E-state index contributed by atoms with van der Waals surface area (Å²) in [6.07, 6.45) is 2.50. The van der Waals surface area contributed by atoms with Gasteiger partial charge in [-0.15, -0.1) is 11.6 Å². The number of aromatic nitrogens is 4. The fraction of sp³-hybridized carbons (Fsp3) is 0.583. The fourth-order valence-corrected chi connectivity index (χ4v) is 4.35. The van der Waals surface area contributed by atoms with Crippen LogP contribution in [0.15, 0.2) is 6.33 Å². The molecule has 7 nitrogen and oxygen atoms in total. The SMILES string of the molecule is COc1ncnc2c1nc(CCl)n2C1CCS(=O)(=O)CC1. The summed E-state index contributed by atoms with van der Waals surface area (Å²) in [4.78, 5) is 12.8. The van der Waals surface area contributed by atoms with Crippen LogP contribution in [0.3, 0.4) is 0 Å². The minimum Gasteiger partial charge on any atom is -0.479 e. The Bertz CT molecular complexity index is 760. The third-order valence-electron chi connectivity index (χ3n) is 3.72. The van der Waals surface area contributed by atoms with E-state index in [4.69, 9.17) is 16.3 Å². The number of sulfone groups is 1. The lowest BCUT2D eigenvalue weighted by molar-refractivity contribution is 0.401. The number of halogens is 1. The van der Waals surface area contributed by atoms with Crippen molar-refractivity contribution in [1.82, 2.24) is 19.5 Å². The molecule has 0 N–H and O–H groups in total. The highest BCUT2D eigenvalue weighted by Crippen LogP contribution is 2.31. The van der Waals surface area contributed by atoms with Crippen LogP contribution in [0, 0.1) is 0 Å². The lowest BCUT2D eigenvalue weighted by atomic mass is 10.1. The van der Waals surface area contributed by atoms with Crippen LogP contribution in [0.25, 0.3) is 11.2 Å². The van der Waals surface area contributed by atoms with Gasteiger partial charge in [0.1, 0.15) is 22.0 Å². The van der Waals surface area contributed by atoms with E-state index in [0.717, 1.165) is 0 Å². The minimum absolute atomic E-state index is 0.0341. The molecule has 2 aromatic heterocycles. The van der Waals surface area contributed by atoms with E-state index in [0.29, 0.717) is 35.7 Å². The van der Waals surface area contributed by atoms with Crippen molar-refractivity contribution in [3.63, 3.8) is 0 Å². The van der Waals surface area contributed by atoms with Gasteiger partial charge in [0.25, 0.3) is 0 Å². The monoisotopic (exact) mass is 330 g/mol. The number of hydrogen-bond acceptors (Lipinski definition) is 6. The number of hydrogen-bond donors (Lipinski definition) is 0. The van der Waals surface area contributed by atoms with Gasteiger partial charge < -0.3 is 9.30 Å². The number of alkyl halides is 1. The quantitative estimate of drug-likeness (QED) is 0.789. The number of fused-ring (bicyclic) bond motifs is 1. The van der Waals surface area contributed by atoms with E-state index in [2.05, 4.69) is 15.0 Å². The highest BCUT2D eigenvalue weighted by molar-refractivity contribution is 7.91.